The molecule has 0 aliphatic heterocycles. The monoisotopic (exact) mass is 401 g/mol. The number of nitrogens with zero attached hydrogens (tertiary/aromatic N) is 5. The number of fused-ring (bicyclic) bond motifs is 1. The van der Waals surface area contributed by atoms with Gasteiger partial charge in [0.05, 0.1) is 11.6 Å². The van der Waals surface area contributed by atoms with Gasteiger partial charge in [0.1, 0.15) is 5.52 Å². The maximum atomic E-state index is 13.1. The Bertz CT molecular complexity index is 907. The fourth-order valence-electron chi connectivity index (χ4n) is 2.90. The Hall–Kier alpha value is -2.28. The highest BCUT2D eigenvalue weighted by Gasteiger charge is 2.24. The lowest BCUT2D eigenvalue weighted by molar-refractivity contribution is 0.0690. The Morgan fingerprint density at radius 3 is 2.84 bits per heavy atom. The van der Waals surface area contributed by atoms with Gasteiger partial charge in [-0.3, -0.25) is 4.79 Å². The Morgan fingerprint density at radius 1 is 1.36 bits per heavy atom. The van der Waals surface area contributed by atoms with E-state index in [0.717, 1.165) is 16.5 Å². The van der Waals surface area contributed by atoms with Crippen molar-refractivity contribution in [3.05, 3.63) is 52.1 Å². The molecule has 130 valence electrons. The van der Waals surface area contributed by atoms with Gasteiger partial charge in [-0.2, -0.15) is 0 Å². The number of hydrogen-bond donors (Lipinski definition) is 0. The van der Waals surface area contributed by atoms with Crippen molar-refractivity contribution in [1.29, 1.82) is 0 Å². The van der Waals surface area contributed by atoms with Crippen molar-refractivity contribution >= 4 is 33.0 Å². The van der Waals surface area contributed by atoms with Crippen molar-refractivity contribution in [2.45, 2.75) is 26.3 Å². The number of rotatable bonds is 5. The number of aryl methyl sites for hydroxylation is 1. The van der Waals surface area contributed by atoms with Crippen LogP contribution in [-0.4, -0.2) is 37.3 Å². The molecule has 6 nitrogen and oxygen atoms in total. The van der Waals surface area contributed by atoms with Gasteiger partial charge in [-0.15, -0.1) is 5.10 Å². The highest BCUT2D eigenvalue weighted by molar-refractivity contribution is 9.10. The maximum Gasteiger partial charge on any atom is 0.256 e. The van der Waals surface area contributed by atoms with Gasteiger partial charge in [0, 0.05) is 24.3 Å². The molecule has 1 amide bonds. The fraction of sp³-hybridized carbons (Fsp3) is 0.333. The highest BCUT2D eigenvalue weighted by atomic mass is 79.9. The van der Waals surface area contributed by atoms with Crippen LogP contribution in [0.2, 0.25) is 0 Å². The molecule has 0 N–H and O–H groups in total. The number of carbonyl (C=O) groups excluding carboxylic acids is 1. The first-order valence-electron chi connectivity index (χ1n) is 8.23. The predicted octanol–water partition coefficient (Wildman–Crippen LogP) is 3.74. The molecule has 2 heterocycles. The van der Waals surface area contributed by atoms with E-state index in [2.05, 4.69) is 38.1 Å². The molecule has 0 saturated heterocycles. The van der Waals surface area contributed by atoms with Gasteiger partial charge >= 0.3 is 0 Å². The molecule has 25 heavy (non-hydrogen) atoms. The van der Waals surface area contributed by atoms with Crippen molar-refractivity contribution < 1.29 is 4.79 Å². The van der Waals surface area contributed by atoms with Crippen LogP contribution in [0.4, 0.5) is 0 Å². The van der Waals surface area contributed by atoms with Crippen molar-refractivity contribution in [2.75, 3.05) is 6.54 Å². The van der Waals surface area contributed by atoms with Gasteiger partial charge in [-0.1, -0.05) is 46.3 Å². The summed E-state index contributed by atoms with van der Waals surface area (Å²) in [5, 5.41) is 8.00. The highest BCUT2D eigenvalue weighted by Crippen LogP contribution is 2.29. The SMILES string of the molecule is CCCN(C(=O)c1cnc2c(c1)nnn2C)[C@@H](C)c1ccccc1Br. The molecule has 0 spiro atoms. The van der Waals surface area contributed by atoms with Crippen LogP contribution in [0.5, 0.6) is 0 Å². The quantitative estimate of drug-likeness (QED) is 0.652. The first kappa shape index (κ1) is 17.5. The Kier molecular flexibility index (Phi) is 5.13. The third-order valence-corrected chi connectivity index (χ3v) is 4.96. The largest absolute Gasteiger partial charge is 0.332 e. The van der Waals surface area contributed by atoms with E-state index in [-0.39, 0.29) is 11.9 Å². The van der Waals surface area contributed by atoms with E-state index in [4.69, 9.17) is 0 Å². The van der Waals surface area contributed by atoms with Gasteiger partial charge in [0.2, 0.25) is 0 Å². The molecule has 1 aromatic carbocycles. The van der Waals surface area contributed by atoms with Gasteiger partial charge in [0.25, 0.3) is 5.91 Å². The number of amides is 1. The third kappa shape index (κ3) is 3.42. The first-order valence-corrected chi connectivity index (χ1v) is 9.03. The van der Waals surface area contributed by atoms with Crippen molar-refractivity contribution in [3.63, 3.8) is 0 Å². The zero-order chi connectivity index (χ0) is 18.0. The summed E-state index contributed by atoms with van der Waals surface area (Å²) in [7, 11) is 1.78. The van der Waals surface area contributed by atoms with Crippen LogP contribution in [0, 0.1) is 0 Å². The molecule has 0 fully saturated rings. The van der Waals surface area contributed by atoms with Crippen LogP contribution >= 0.6 is 15.9 Å². The lowest BCUT2D eigenvalue weighted by atomic mass is 10.1. The summed E-state index contributed by atoms with van der Waals surface area (Å²) in [6.07, 6.45) is 2.48. The second-order valence-corrected chi connectivity index (χ2v) is 6.83. The molecule has 0 bridgehead atoms. The van der Waals surface area contributed by atoms with E-state index in [0.29, 0.717) is 23.3 Å². The van der Waals surface area contributed by atoms with Crippen LogP contribution in [0.15, 0.2) is 41.0 Å². The van der Waals surface area contributed by atoms with E-state index in [1.165, 1.54) is 0 Å². The van der Waals surface area contributed by atoms with Gasteiger partial charge < -0.3 is 4.90 Å². The van der Waals surface area contributed by atoms with Crippen molar-refractivity contribution in [2.24, 2.45) is 7.05 Å². The average molecular weight is 402 g/mol. The lowest BCUT2D eigenvalue weighted by Gasteiger charge is -2.30. The summed E-state index contributed by atoms with van der Waals surface area (Å²) < 4.78 is 2.59. The lowest BCUT2D eigenvalue weighted by Crippen LogP contribution is -2.34. The molecule has 7 heteroatoms. The average Bonchev–Trinajstić information content (AvgIpc) is 2.99. The molecule has 0 aliphatic carbocycles. The number of benzene rings is 1. The van der Waals surface area contributed by atoms with Crippen molar-refractivity contribution in [3.8, 4) is 0 Å². The van der Waals surface area contributed by atoms with Gasteiger partial charge in [-0.25, -0.2) is 9.67 Å². The minimum atomic E-state index is -0.0550. The molecule has 3 rings (SSSR count). The number of aromatic nitrogens is 4. The zero-order valence-electron chi connectivity index (χ0n) is 14.5. The predicted molar refractivity (Wildman–Crippen MR) is 100 cm³/mol. The fourth-order valence-corrected chi connectivity index (χ4v) is 3.52. The van der Waals surface area contributed by atoms with Crippen LogP contribution in [0.25, 0.3) is 11.2 Å². The van der Waals surface area contributed by atoms with E-state index < -0.39 is 0 Å². The minimum Gasteiger partial charge on any atom is -0.332 e. The second-order valence-electron chi connectivity index (χ2n) is 5.98. The van der Waals surface area contributed by atoms with Crippen LogP contribution in [0.1, 0.15) is 42.2 Å². The third-order valence-electron chi connectivity index (χ3n) is 4.24. The molecule has 0 saturated carbocycles. The zero-order valence-corrected chi connectivity index (χ0v) is 16.1. The van der Waals surface area contributed by atoms with Gasteiger partial charge in [0.15, 0.2) is 5.65 Å². The summed E-state index contributed by atoms with van der Waals surface area (Å²) in [5.41, 5.74) is 2.90. The Balaban J connectivity index is 1.95. The molecule has 0 radical (unpaired) electrons. The normalized spacial score (nSPS) is 12.3. The van der Waals surface area contributed by atoms with Crippen LogP contribution < -0.4 is 0 Å². The summed E-state index contributed by atoms with van der Waals surface area (Å²) in [4.78, 5) is 19.3. The van der Waals surface area contributed by atoms with Crippen LogP contribution in [0.3, 0.4) is 0 Å². The molecular formula is C18H20BrN5O. The van der Waals surface area contributed by atoms with Crippen LogP contribution in [-0.2, 0) is 7.05 Å². The number of hydrogen-bond acceptors (Lipinski definition) is 4. The van der Waals surface area contributed by atoms with Gasteiger partial charge in [-0.05, 0) is 31.0 Å². The number of pyridine rings is 1. The first-order chi connectivity index (χ1) is 12.0. The number of carbonyl (C=O) groups is 1. The molecular weight excluding hydrogens is 382 g/mol. The molecule has 0 unspecified atom stereocenters. The standard InChI is InChI=1S/C18H20BrN5O/c1-4-9-24(12(2)14-7-5-6-8-15(14)19)18(25)13-10-16-17(20-11-13)23(3)22-21-16/h5-8,10-12H,4,9H2,1-3H3/t12-/m0/s1. The van der Waals surface area contributed by atoms with E-state index in [9.17, 15) is 4.79 Å². The Morgan fingerprint density at radius 2 is 2.12 bits per heavy atom. The molecule has 0 aliphatic rings. The van der Waals surface area contributed by atoms with E-state index in [1.807, 2.05) is 36.1 Å². The summed E-state index contributed by atoms with van der Waals surface area (Å²) >= 11 is 3.59. The Labute approximate surface area is 155 Å². The molecule has 2 aromatic heterocycles. The molecule has 1 atom stereocenters. The topological polar surface area (TPSA) is 63.9 Å². The van der Waals surface area contributed by atoms with Crippen molar-refractivity contribution in [1.82, 2.24) is 24.9 Å². The van der Waals surface area contributed by atoms with E-state index in [1.54, 1.807) is 24.0 Å². The summed E-state index contributed by atoms with van der Waals surface area (Å²) in [6, 6.07) is 9.69. The maximum absolute atomic E-state index is 13.1. The van der Waals surface area contributed by atoms with E-state index >= 15 is 0 Å². The summed E-state index contributed by atoms with van der Waals surface area (Å²) in [5.74, 6) is -0.0508. The minimum absolute atomic E-state index is 0.0508. The number of halogens is 1. The summed E-state index contributed by atoms with van der Waals surface area (Å²) in [6.45, 7) is 4.78. The molecule has 3 aromatic rings. The second kappa shape index (κ2) is 7.31. The smallest absolute Gasteiger partial charge is 0.256 e.